The van der Waals surface area contributed by atoms with Gasteiger partial charge in [-0.1, -0.05) is 60.7 Å². The highest BCUT2D eigenvalue weighted by atomic mass is 79.9. The summed E-state index contributed by atoms with van der Waals surface area (Å²) >= 11 is 0. The molecule has 1 N–H and O–H groups in total. The lowest BCUT2D eigenvalue weighted by Crippen LogP contribution is -2.33. The second kappa shape index (κ2) is 9.09. The Balaban J connectivity index is 0.00000242. The van der Waals surface area contributed by atoms with E-state index in [4.69, 9.17) is 0 Å². The van der Waals surface area contributed by atoms with Crippen LogP contribution in [0.2, 0.25) is 0 Å². The van der Waals surface area contributed by atoms with Crippen LogP contribution < -0.4 is 0 Å². The van der Waals surface area contributed by atoms with Crippen LogP contribution in [0.15, 0.2) is 60.7 Å². The van der Waals surface area contributed by atoms with Gasteiger partial charge in [0.1, 0.15) is 0 Å². The van der Waals surface area contributed by atoms with Gasteiger partial charge in [-0.25, -0.2) is 0 Å². The Labute approximate surface area is 144 Å². The summed E-state index contributed by atoms with van der Waals surface area (Å²) < 4.78 is 0. The van der Waals surface area contributed by atoms with Gasteiger partial charge >= 0.3 is 0 Å². The first kappa shape index (κ1) is 18.9. The maximum Gasteiger partial charge on any atom is 0.0442 e. The summed E-state index contributed by atoms with van der Waals surface area (Å²) in [6, 6.07) is 21.1. The maximum atomic E-state index is 9.68. The zero-order valence-electron chi connectivity index (χ0n) is 13.4. The molecule has 0 saturated heterocycles. The highest BCUT2D eigenvalue weighted by Gasteiger charge is 2.33. The molecule has 0 atom stereocenters. The van der Waals surface area contributed by atoms with Gasteiger partial charge in [-0.2, -0.15) is 0 Å². The average Bonchev–Trinajstić information content (AvgIpc) is 2.53. The molecular formula is C19H26BrNO. The van der Waals surface area contributed by atoms with Gasteiger partial charge in [0, 0.05) is 12.0 Å². The summed E-state index contributed by atoms with van der Waals surface area (Å²) in [6.07, 6.45) is 1.74. The molecule has 2 aromatic carbocycles. The minimum absolute atomic E-state index is 0. The fraction of sp³-hybridized carbons (Fsp3) is 0.368. The van der Waals surface area contributed by atoms with E-state index in [0.717, 1.165) is 19.4 Å². The van der Waals surface area contributed by atoms with E-state index in [1.807, 2.05) is 12.1 Å². The van der Waals surface area contributed by atoms with E-state index in [1.165, 1.54) is 11.1 Å². The van der Waals surface area contributed by atoms with Crippen LogP contribution in [0, 0.1) is 0 Å². The Morgan fingerprint density at radius 3 is 1.64 bits per heavy atom. The molecule has 0 saturated carbocycles. The number of aliphatic hydroxyl groups is 1. The second-order valence-corrected chi connectivity index (χ2v) is 5.84. The number of hydrogen-bond acceptors (Lipinski definition) is 2. The van der Waals surface area contributed by atoms with E-state index in [-0.39, 0.29) is 29.0 Å². The first-order valence-corrected chi connectivity index (χ1v) is 7.56. The van der Waals surface area contributed by atoms with Crippen molar-refractivity contribution in [2.24, 2.45) is 0 Å². The Hall–Kier alpha value is -1.16. The van der Waals surface area contributed by atoms with Crippen molar-refractivity contribution in [3.05, 3.63) is 71.8 Å². The molecule has 0 unspecified atom stereocenters. The topological polar surface area (TPSA) is 23.5 Å². The maximum absolute atomic E-state index is 9.68. The quantitative estimate of drug-likeness (QED) is 0.806. The number of rotatable bonds is 7. The number of aliphatic hydroxyl groups excluding tert-OH is 1. The zero-order valence-corrected chi connectivity index (χ0v) is 15.1. The van der Waals surface area contributed by atoms with Gasteiger partial charge < -0.3 is 10.0 Å². The summed E-state index contributed by atoms with van der Waals surface area (Å²) in [5, 5.41) is 9.68. The van der Waals surface area contributed by atoms with Gasteiger partial charge in [0.15, 0.2) is 0 Å². The zero-order chi connectivity index (χ0) is 15.1. The molecule has 2 nitrogen and oxygen atoms in total. The summed E-state index contributed by atoms with van der Waals surface area (Å²) in [5.74, 6) is 0. The van der Waals surface area contributed by atoms with Crippen molar-refractivity contribution >= 4 is 17.0 Å². The summed E-state index contributed by atoms with van der Waals surface area (Å²) in [4.78, 5) is 2.21. The predicted octanol–water partition coefficient (Wildman–Crippen LogP) is 3.88. The van der Waals surface area contributed by atoms with Gasteiger partial charge in [0.2, 0.25) is 0 Å². The number of benzene rings is 2. The smallest absolute Gasteiger partial charge is 0.0442 e. The Kier molecular flexibility index (Phi) is 7.80. The van der Waals surface area contributed by atoms with Crippen LogP contribution in [-0.4, -0.2) is 37.3 Å². The first-order chi connectivity index (χ1) is 10.2. The highest BCUT2D eigenvalue weighted by Crippen LogP contribution is 2.38. The van der Waals surface area contributed by atoms with E-state index in [2.05, 4.69) is 67.5 Å². The lowest BCUT2D eigenvalue weighted by molar-refractivity contribution is 0.236. The standard InChI is InChI=1S/C19H25NO.BrH/c1-20(2)15-13-19(14-16-21,17-9-5-3-6-10-17)18-11-7-4-8-12-18;/h3-12,21H,13-16H2,1-2H3;1H. The molecule has 0 spiro atoms. The molecule has 0 bridgehead atoms. The Morgan fingerprint density at radius 2 is 1.27 bits per heavy atom. The van der Waals surface area contributed by atoms with Crippen LogP contribution in [0.4, 0.5) is 0 Å². The molecule has 0 amide bonds. The fourth-order valence-corrected chi connectivity index (χ4v) is 2.99. The molecule has 3 heteroatoms. The van der Waals surface area contributed by atoms with E-state index in [1.54, 1.807) is 0 Å². The lowest BCUT2D eigenvalue weighted by Gasteiger charge is -2.36. The van der Waals surface area contributed by atoms with E-state index < -0.39 is 0 Å². The van der Waals surface area contributed by atoms with Gasteiger partial charge in [0.25, 0.3) is 0 Å². The molecule has 0 aliphatic rings. The molecule has 0 heterocycles. The van der Waals surface area contributed by atoms with Crippen molar-refractivity contribution in [2.45, 2.75) is 18.3 Å². The molecule has 2 aromatic rings. The van der Waals surface area contributed by atoms with E-state index in [0.29, 0.717) is 0 Å². The summed E-state index contributed by atoms with van der Waals surface area (Å²) in [5.41, 5.74) is 2.45. The second-order valence-electron chi connectivity index (χ2n) is 5.84. The third kappa shape index (κ3) is 4.42. The number of nitrogens with zero attached hydrogens (tertiary/aromatic N) is 1. The van der Waals surface area contributed by atoms with Crippen LogP contribution in [0.5, 0.6) is 0 Å². The lowest BCUT2D eigenvalue weighted by atomic mass is 9.70. The minimum atomic E-state index is -0.123. The van der Waals surface area contributed by atoms with Crippen LogP contribution >= 0.6 is 17.0 Å². The van der Waals surface area contributed by atoms with Gasteiger partial charge in [-0.3, -0.25) is 0 Å². The van der Waals surface area contributed by atoms with Crippen molar-refractivity contribution in [3.8, 4) is 0 Å². The molecule has 0 radical (unpaired) electrons. The first-order valence-electron chi connectivity index (χ1n) is 7.56. The number of hydrogen-bond donors (Lipinski definition) is 1. The van der Waals surface area contributed by atoms with Crippen LogP contribution in [0.1, 0.15) is 24.0 Å². The minimum Gasteiger partial charge on any atom is -0.396 e. The van der Waals surface area contributed by atoms with Crippen molar-refractivity contribution in [2.75, 3.05) is 27.2 Å². The van der Waals surface area contributed by atoms with Crippen molar-refractivity contribution < 1.29 is 5.11 Å². The van der Waals surface area contributed by atoms with E-state index >= 15 is 0 Å². The molecule has 2 rings (SSSR count). The summed E-state index contributed by atoms with van der Waals surface area (Å²) in [7, 11) is 4.19. The van der Waals surface area contributed by atoms with Gasteiger partial charge in [-0.15, -0.1) is 17.0 Å². The van der Waals surface area contributed by atoms with Crippen LogP contribution in [0.3, 0.4) is 0 Å². The van der Waals surface area contributed by atoms with Gasteiger partial charge in [0.05, 0.1) is 0 Å². The molecule has 120 valence electrons. The average molecular weight is 364 g/mol. The molecule has 0 aliphatic heterocycles. The van der Waals surface area contributed by atoms with Crippen LogP contribution in [-0.2, 0) is 5.41 Å². The largest absolute Gasteiger partial charge is 0.396 e. The Morgan fingerprint density at radius 1 is 0.818 bits per heavy atom. The Bertz CT molecular complexity index is 488. The van der Waals surface area contributed by atoms with Crippen molar-refractivity contribution in [1.29, 1.82) is 0 Å². The highest BCUT2D eigenvalue weighted by molar-refractivity contribution is 8.93. The third-order valence-corrected chi connectivity index (χ3v) is 4.18. The third-order valence-electron chi connectivity index (χ3n) is 4.18. The van der Waals surface area contributed by atoms with Crippen LogP contribution in [0.25, 0.3) is 0 Å². The monoisotopic (exact) mass is 363 g/mol. The molecular weight excluding hydrogens is 338 g/mol. The summed E-state index contributed by atoms with van der Waals surface area (Å²) in [6.45, 7) is 1.18. The number of halogens is 1. The van der Waals surface area contributed by atoms with Gasteiger partial charge in [-0.05, 0) is 44.6 Å². The molecule has 0 fully saturated rings. The van der Waals surface area contributed by atoms with E-state index in [9.17, 15) is 5.11 Å². The molecule has 0 aliphatic carbocycles. The van der Waals surface area contributed by atoms with Crippen molar-refractivity contribution in [1.82, 2.24) is 4.90 Å². The SMILES string of the molecule is Br.CN(C)CCC(CCO)(c1ccccc1)c1ccccc1. The fourth-order valence-electron chi connectivity index (χ4n) is 2.99. The molecule has 22 heavy (non-hydrogen) atoms. The van der Waals surface area contributed by atoms with Crippen molar-refractivity contribution in [3.63, 3.8) is 0 Å². The predicted molar refractivity (Wildman–Crippen MR) is 98.9 cm³/mol. The normalized spacial score (nSPS) is 11.3. The molecule has 0 aromatic heterocycles.